The molecule has 2 N–H and O–H groups in total. The average molecular weight is 460 g/mol. The normalized spacial score (nSPS) is 11.2. The van der Waals surface area contributed by atoms with Crippen LogP contribution < -0.4 is 16.1 Å². The summed E-state index contributed by atoms with van der Waals surface area (Å²) in [5, 5.41) is 5.84. The maximum atomic E-state index is 12.4. The molecule has 2 rings (SSSR count). The second-order valence-electron chi connectivity index (χ2n) is 7.57. The smallest absolute Gasteiger partial charge is 0.306 e. The first-order chi connectivity index (χ1) is 15.8. The van der Waals surface area contributed by atoms with Crippen molar-refractivity contribution >= 4 is 29.3 Å². The number of aryl methyl sites for hydroxylation is 2. The van der Waals surface area contributed by atoms with E-state index in [1.807, 2.05) is 58.2 Å². The number of esters is 1. The topological polar surface area (TPSA) is 115 Å². The van der Waals surface area contributed by atoms with Crippen molar-refractivity contribution in [1.82, 2.24) is 20.2 Å². The lowest BCUT2D eigenvalue weighted by atomic mass is 10.1. The van der Waals surface area contributed by atoms with E-state index < -0.39 is 5.91 Å². The van der Waals surface area contributed by atoms with E-state index in [2.05, 4.69) is 20.6 Å². The van der Waals surface area contributed by atoms with Crippen molar-refractivity contribution in [3.63, 3.8) is 0 Å². The van der Waals surface area contributed by atoms with Crippen molar-refractivity contribution in [2.24, 2.45) is 4.99 Å². The van der Waals surface area contributed by atoms with Gasteiger partial charge in [0.25, 0.3) is 5.91 Å². The number of hydrogen-bond acceptors (Lipinski definition) is 6. The van der Waals surface area contributed by atoms with Gasteiger partial charge in [0.1, 0.15) is 0 Å². The molecular weight excluding hydrogens is 422 g/mol. The van der Waals surface area contributed by atoms with Crippen LogP contribution in [0.2, 0.25) is 0 Å². The van der Waals surface area contributed by atoms with Crippen molar-refractivity contribution < 1.29 is 19.1 Å². The number of benzene rings is 1. The van der Waals surface area contributed by atoms with E-state index in [9.17, 15) is 14.4 Å². The van der Waals surface area contributed by atoms with Crippen LogP contribution in [0.5, 0.6) is 0 Å². The van der Waals surface area contributed by atoms with Crippen molar-refractivity contribution in [3.8, 4) is 0 Å². The van der Waals surface area contributed by atoms with Gasteiger partial charge in [-0.3, -0.25) is 14.4 Å². The van der Waals surface area contributed by atoms with Gasteiger partial charge in [-0.2, -0.15) is 4.99 Å². The zero-order chi connectivity index (χ0) is 25.0. The first-order valence-corrected chi connectivity index (χ1v) is 11.4. The Hall–Kier alpha value is -3.07. The molecule has 0 aliphatic carbocycles. The Labute approximate surface area is 195 Å². The molecule has 0 saturated heterocycles. The van der Waals surface area contributed by atoms with Crippen LogP contribution in [0.25, 0.3) is 11.0 Å². The standard InChI is InChI=1S/C22H31N5O4.C2H6/c1-14(2)31-19(29)7-6-8-24-9-10-27-18-12-16(4)15(3)11-17(18)26-20(22(30)23-5)21(27)25-13-28;1-2/h11-14,24H,6-10H2,1-5H3,(H,23,30);1-2H3. The monoisotopic (exact) mass is 459 g/mol. The molecular formula is C24H37N5O4. The zero-order valence-corrected chi connectivity index (χ0v) is 20.8. The predicted octanol–water partition coefficient (Wildman–Crippen LogP) is 2.42. The van der Waals surface area contributed by atoms with Crippen LogP contribution in [-0.4, -0.2) is 54.1 Å². The van der Waals surface area contributed by atoms with Crippen LogP contribution in [0.1, 0.15) is 62.2 Å². The molecule has 1 aromatic heterocycles. The highest BCUT2D eigenvalue weighted by atomic mass is 16.5. The third-order valence-electron chi connectivity index (χ3n) is 4.81. The lowest BCUT2D eigenvalue weighted by molar-refractivity contribution is -0.147. The van der Waals surface area contributed by atoms with Crippen LogP contribution in [0.3, 0.4) is 0 Å². The van der Waals surface area contributed by atoms with Crippen LogP contribution in [-0.2, 0) is 20.9 Å². The average Bonchev–Trinajstić information content (AvgIpc) is 2.78. The number of amides is 2. The lowest BCUT2D eigenvalue weighted by Gasteiger charge is -2.16. The fourth-order valence-corrected chi connectivity index (χ4v) is 3.18. The number of nitrogens with zero attached hydrogens (tertiary/aromatic N) is 3. The molecule has 33 heavy (non-hydrogen) atoms. The van der Waals surface area contributed by atoms with Gasteiger partial charge in [-0.15, -0.1) is 0 Å². The third kappa shape index (κ3) is 8.09. The summed E-state index contributed by atoms with van der Waals surface area (Å²) in [5.41, 5.74) is 3.89. The Morgan fingerprint density at radius 3 is 2.45 bits per heavy atom. The summed E-state index contributed by atoms with van der Waals surface area (Å²) in [5.74, 6) is -0.620. The van der Waals surface area contributed by atoms with E-state index in [1.165, 1.54) is 7.05 Å². The van der Waals surface area contributed by atoms with E-state index in [-0.39, 0.29) is 23.3 Å². The molecule has 1 heterocycles. The van der Waals surface area contributed by atoms with Gasteiger partial charge in [0, 0.05) is 26.6 Å². The van der Waals surface area contributed by atoms with E-state index in [4.69, 9.17) is 4.74 Å². The van der Waals surface area contributed by atoms with Gasteiger partial charge in [0.2, 0.25) is 6.41 Å². The van der Waals surface area contributed by atoms with Gasteiger partial charge in [-0.05, 0) is 63.9 Å². The number of carbonyl (C=O) groups excluding carboxylic acids is 3. The molecule has 0 bridgehead atoms. The summed E-state index contributed by atoms with van der Waals surface area (Å²) >= 11 is 0. The predicted molar refractivity (Wildman–Crippen MR) is 129 cm³/mol. The number of hydrogen-bond donors (Lipinski definition) is 2. The van der Waals surface area contributed by atoms with Crippen molar-refractivity contribution in [3.05, 3.63) is 34.4 Å². The minimum absolute atomic E-state index is 0.0989. The summed E-state index contributed by atoms with van der Waals surface area (Å²) in [6.45, 7) is 13.3. The highest BCUT2D eigenvalue weighted by Crippen LogP contribution is 2.17. The molecule has 0 fully saturated rings. The molecule has 2 aromatic rings. The molecule has 0 radical (unpaired) electrons. The maximum absolute atomic E-state index is 12.4. The van der Waals surface area contributed by atoms with Crippen molar-refractivity contribution in [2.45, 2.75) is 67.0 Å². The molecule has 0 saturated carbocycles. The minimum atomic E-state index is -0.411. The Balaban J connectivity index is 0.00000265. The van der Waals surface area contributed by atoms with Gasteiger partial charge in [-0.1, -0.05) is 13.8 Å². The van der Waals surface area contributed by atoms with Crippen LogP contribution in [0.4, 0.5) is 0 Å². The molecule has 1 aromatic carbocycles. The van der Waals surface area contributed by atoms with Crippen LogP contribution in [0.15, 0.2) is 17.1 Å². The first kappa shape index (κ1) is 28.0. The number of carbonyl (C=O) groups is 3. The first-order valence-electron chi connectivity index (χ1n) is 11.4. The summed E-state index contributed by atoms with van der Waals surface area (Å²) in [4.78, 5) is 43.6. The van der Waals surface area contributed by atoms with Gasteiger partial charge in [-0.25, -0.2) is 4.98 Å². The Bertz CT molecular complexity index is 1030. The van der Waals surface area contributed by atoms with Crippen LogP contribution >= 0.6 is 0 Å². The fourth-order valence-electron chi connectivity index (χ4n) is 3.18. The highest BCUT2D eigenvalue weighted by molar-refractivity contribution is 5.93. The van der Waals surface area contributed by atoms with Gasteiger partial charge >= 0.3 is 5.97 Å². The Kier molecular flexibility index (Phi) is 12.0. The quantitative estimate of drug-likeness (QED) is 0.320. The fraction of sp³-hybridized carbons (Fsp3) is 0.542. The van der Waals surface area contributed by atoms with E-state index >= 15 is 0 Å². The van der Waals surface area contributed by atoms with Crippen molar-refractivity contribution in [2.75, 3.05) is 20.1 Å². The molecule has 2 amide bonds. The summed E-state index contributed by atoms with van der Waals surface area (Å²) in [7, 11) is 1.51. The van der Waals surface area contributed by atoms with Gasteiger partial charge in [0.05, 0.1) is 17.1 Å². The summed E-state index contributed by atoms with van der Waals surface area (Å²) in [6, 6.07) is 3.91. The second kappa shape index (κ2) is 14.2. The second-order valence-corrected chi connectivity index (χ2v) is 7.57. The minimum Gasteiger partial charge on any atom is -0.463 e. The number of nitrogens with one attached hydrogen (secondary N) is 2. The molecule has 0 unspecified atom stereocenters. The van der Waals surface area contributed by atoms with E-state index in [0.717, 1.165) is 16.6 Å². The molecule has 0 aliphatic rings. The number of rotatable bonds is 10. The molecule has 0 aliphatic heterocycles. The largest absolute Gasteiger partial charge is 0.463 e. The highest BCUT2D eigenvalue weighted by Gasteiger charge is 2.16. The SMILES string of the molecule is CC.CNC(=O)c1nc2cc(C)c(C)cc2n(CCNCCCC(=O)OC(C)C)c1=NC=O. The van der Waals surface area contributed by atoms with Crippen molar-refractivity contribution in [1.29, 1.82) is 0 Å². The molecule has 0 atom stereocenters. The van der Waals surface area contributed by atoms with Gasteiger partial charge < -0.3 is 19.9 Å². The molecule has 9 heteroatoms. The number of ether oxygens (including phenoxy) is 1. The molecule has 182 valence electrons. The summed E-state index contributed by atoms with van der Waals surface area (Å²) in [6.07, 6.45) is 1.31. The zero-order valence-electron chi connectivity index (χ0n) is 20.8. The van der Waals surface area contributed by atoms with Gasteiger partial charge in [0.15, 0.2) is 11.2 Å². The number of fused-ring (bicyclic) bond motifs is 1. The Morgan fingerprint density at radius 1 is 1.18 bits per heavy atom. The van der Waals surface area contributed by atoms with Crippen LogP contribution in [0, 0.1) is 13.8 Å². The maximum Gasteiger partial charge on any atom is 0.306 e. The lowest BCUT2D eigenvalue weighted by Crippen LogP contribution is -2.36. The molecule has 9 nitrogen and oxygen atoms in total. The molecule has 0 spiro atoms. The Morgan fingerprint density at radius 2 is 1.85 bits per heavy atom. The number of aromatic nitrogens is 2. The third-order valence-corrected chi connectivity index (χ3v) is 4.81. The summed E-state index contributed by atoms with van der Waals surface area (Å²) < 4.78 is 6.95. The van der Waals surface area contributed by atoms with E-state index in [1.54, 1.807) is 0 Å². The van der Waals surface area contributed by atoms with E-state index in [0.29, 0.717) is 44.4 Å².